The van der Waals surface area contributed by atoms with Crippen molar-refractivity contribution in [1.29, 1.82) is 0 Å². The first-order valence-corrected chi connectivity index (χ1v) is 10.7. The molecule has 0 saturated heterocycles. The van der Waals surface area contributed by atoms with Gasteiger partial charge in [0.2, 0.25) is 10.0 Å². The van der Waals surface area contributed by atoms with E-state index >= 15 is 0 Å². The Labute approximate surface area is 163 Å². The summed E-state index contributed by atoms with van der Waals surface area (Å²) < 4.78 is 36.0. The third-order valence-corrected chi connectivity index (χ3v) is 5.75. The van der Waals surface area contributed by atoms with Gasteiger partial charge < -0.3 is 9.47 Å². The molecule has 0 spiro atoms. The summed E-state index contributed by atoms with van der Waals surface area (Å²) in [5, 5.41) is 0.620. The molecule has 0 radical (unpaired) electrons. The van der Waals surface area contributed by atoms with Gasteiger partial charge in [0.1, 0.15) is 19.0 Å². The van der Waals surface area contributed by atoms with Crippen LogP contribution in [0.3, 0.4) is 0 Å². The Morgan fingerprint density at radius 1 is 1.19 bits per heavy atom. The lowest BCUT2D eigenvalue weighted by molar-refractivity contribution is 0.0450. The number of fused-ring (bicyclic) bond motifs is 1. The van der Waals surface area contributed by atoms with Crippen LogP contribution in [0.4, 0.5) is 5.69 Å². The van der Waals surface area contributed by atoms with Crippen molar-refractivity contribution in [2.75, 3.05) is 23.8 Å². The highest BCUT2D eigenvalue weighted by molar-refractivity contribution is 7.92. The van der Waals surface area contributed by atoms with E-state index < -0.39 is 16.0 Å². The van der Waals surface area contributed by atoms with E-state index in [0.717, 1.165) is 5.56 Å². The lowest BCUT2D eigenvalue weighted by Crippen LogP contribution is -2.34. The van der Waals surface area contributed by atoms with E-state index in [1.807, 2.05) is 6.92 Å². The van der Waals surface area contributed by atoms with Crippen molar-refractivity contribution in [3.63, 3.8) is 0 Å². The fraction of sp³-hybridized carbons (Fsp3) is 0.316. The molecule has 144 valence electrons. The summed E-state index contributed by atoms with van der Waals surface area (Å²) in [5.41, 5.74) is 1.83. The van der Waals surface area contributed by atoms with Crippen molar-refractivity contribution >= 4 is 33.3 Å². The van der Waals surface area contributed by atoms with Crippen LogP contribution < -0.4 is 9.04 Å². The van der Waals surface area contributed by atoms with Crippen LogP contribution in [0.15, 0.2) is 42.5 Å². The second kappa shape index (κ2) is 7.78. The molecule has 0 saturated carbocycles. The van der Waals surface area contributed by atoms with Gasteiger partial charge in [-0.15, -0.1) is 0 Å². The molecule has 3 rings (SSSR count). The molecule has 0 bridgehead atoms. The second-order valence-corrected chi connectivity index (χ2v) is 8.69. The normalized spacial score (nSPS) is 16.1. The minimum atomic E-state index is -3.35. The van der Waals surface area contributed by atoms with Crippen LogP contribution in [0.5, 0.6) is 5.75 Å². The van der Waals surface area contributed by atoms with Gasteiger partial charge in [-0.05, 0) is 61.4 Å². The summed E-state index contributed by atoms with van der Waals surface area (Å²) in [6, 6.07) is 11.7. The molecule has 0 amide bonds. The zero-order valence-electron chi connectivity index (χ0n) is 15.0. The summed E-state index contributed by atoms with van der Waals surface area (Å²) >= 11 is 5.80. The van der Waals surface area contributed by atoms with E-state index in [-0.39, 0.29) is 19.3 Å². The number of ether oxygens (including phenoxy) is 2. The van der Waals surface area contributed by atoms with Crippen molar-refractivity contribution in [3.8, 4) is 5.75 Å². The van der Waals surface area contributed by atoms with Gasteiger partial charge in [-0.25, -0.2) is 13.2 Å². The summed E-state index contributed by atoms with van der Waals surface area (Å²) in [6.07, 6.45) is 1.74. The lowest BCUT2D eigenvalue weighted by atomic mass is 10.1. The Morgan fingerprint density at radius 3 is 2.56 bits per heavy atom. The molecule has 0 unspecified atom stereocenters. The summed E-state index contributed by atoms with van der Waals surface area (Å²) in [6.45, 7) is 2.16. The van der Waals surface area contributed by atoms with Crippen LogP contribution in [0.1, 0.15) is 22.8 Å². The van der Waals surface area contributed by atoms with Gasteiger partial charge in [0, 0.05) is 11.1 Å². The average Bonchev–Trinajstić information content (AvgIpc) is 2.95. The molecule has 1 aliphatic rings. The molecule has 8 heteroatoms. The monoisotopic (exact) mass is 409 g/mol. The first kappa shape index (κ1) is 19.5. The molecule has 0 N–H and O–H groups in total. The number of esters is 1. The highest BCUT2D eigenvalue weighted by atomic mass is 35.5. The number of sulfonamides is 1. The minimum Gasteiger partial charge on any atom is -0.490 e. The van der Waals surface area contributed by atoms with Crippen LogP contribution in [0.25, 0.3) is 0 Å². The van der Waals surface area contributed by atoms with Crippen molar-refractivity contribution in [2.24, 2.45) is 0 Å². The van der Waals surface area contributed by atoms with Gasteiger partial charge in [0.05, 0.1) is 17.5 Å². The van der Waals surface area contributed by atoms with Gasteiger partial charge in [-0.2, -0.15) is 0 Å². The summed E-state index contributed by atoms with van der Waals surface area (Å²) in [5.74, 6) is 0.172. The van der Waals surface area contributed by atoms with E-state index in [1.54, 1.807) is 42.5 Å². The molecule has 1 aliphatic heterocycles. The van der Waals surface area contributed by atoms with Crippen molar-refractivity contribution in [3.05, 3.63) is 58.6 Å². The number of anilines is 1. The van der Waals surface area contributed by atoms with Crippen LogP contribution in [0.2, 0.25) is 5.02 Å². The molecule has 0 aliphatic carbocycles. The third kappa shape index (κ3) is 4.54. The predicted molar refractivity (Wildman–Crippen MR) is 104 cm³/mol. The quantitative estimate of drug-likeness (QED) is 0.540. The third-order valence-electron chi connectivity index (χ3n) is 4.22. The van der Waals surface area contributed by atoms with Crippen molar-refractivity contribution in [2.45, 2.75) is 19.4 Å². The fourth-order valence-electron chi connectivity index (χ4n) is 3.14. The molecular formula is C19H20ClNO5S. The number of hydrogen-bond donors (Lipinski definition) is 0. The number of carbonyl (C=O) groups excluding carboxylic acids is 1. The maximum Gasteiger partial charge on any atom is 0.338 e. The van der Waals surface area contributed by atoms with Gasteiger partial charge in [-0.1, -0.05) is 11.6 Å². The topological polar surface area (TPSA) is 72.9 Å². The Kier molecular flexibility index (Phi) is 5.62. The van der Waals surface area contributed by atoms with Crippen LogP contribution >= 0.6 is 11.6 Å². The van der Waals surface area contributed by atoms with E-state index in [1.165, 1.54) is 10.6 Å². The molecule has 1 heterocycles. The molecule has 2 aromatic carbocycles. The zero-order valence-corrected chi connectivity index (χ0v) is 16.6. The fourth-order valence-corrected chi connectivity index (χ4v) is 4.53. The molecule has 6 nitrogen and oxygen atoms in total. The summed E-state index contributed by atoms with van der Waals surface area (Å²) in [7, 11) is -3.35. The predicted octanol–water partition coefficient (Wildman–Crippen LogP) is 3.29. The maximum absolute atomic E-state index is 12.2. The molecule has 0 aromatic heterocycles. The van der Waals surface area contributed by atoms with Gasteiger partial charge in [-0.3, -0.25) is 4.31 Å². The van der Waals surface area contributed by atoms with E-state index in [9.17, 15) is 13.2 Å². The lowest BCUT2D eigenvalue weighted by Gasteiger charge is -2.21. The smallest absolute Gasteiger partial charge is 0.338 e. The van der Waals surface area contributed by atoms with Crippen LogP contribution in [0, 0.1) is 0 Å². The van der Waals surface area contributed by atoms with Gasteiger partial charge in [0.25, 0.3) is 0 Å². The number of nitrogens with zero attached hydrogens (tertiary/aromatic N) is 1. The molecule has 2 aromatic rings. The van der Waals surface area contributed by atoms with Gasteiger partial charge in [0.15, 0.2) is 0 Å². The summed E-state index contributed by atoms with van der Waals surface area (Å²) in [4.78, 5) is 12.2. The average molecular weight is 410 g/mol. The first-order chi connectivity index (χ1) is 12.8. The Balaban J connectivity index is 1.58. The van der Waals surface area contributed by atoms with E-state index in [0.29, 0.717) is 28.4 Å². The van der Waals surface area contributed by atoms with E-state index in [2.05, 4.69) is 0 Å². The van der Waals surface area contributed by atoms with E-state index in [4.69, 9.17) is 21.1 Å². The molecule has 27 heavy (non-hydrogen) atoms. The SMILES string of the molecule is C[C@@H]1Cc2cc(C(=O)OCCOc3ccc(Cl)cc3)ccc2N1S(C)(=O)=O. The number of carbonyl (C=O) groups is 1. The Bertz CT molecular complexity index is 943. The largest absolute Gasteiger partial charge is 0.490 e. The van der Waals surface area contributed by atoms with Crippen LogP contribution in [-0.4, -0.2) is 39.9 Å². The first-order valence-electron chi connectivity index (χ1n) is 8.43. The number of benzene rings is 2. The van der Waals surface area contributed by atoms with Crippen molar-refractivity contribution < 1.29 is 22.7 Å². The number of hydrogen-bond acceptors (Lipinski definition) is 5. The molecule has 0 fully saturated rings. The molecular weight excluding hydrogens is 390 g/mol. The van der Waals surface area contributed by atoms with Gasteiger partial charge >= 0.3 is 5.97 Å². The standard InChI is InChI=1S/C19H20ClNO5S/c1-13-11-15-12-14(3-8-18(15)21(13)27(2,23)24)19(22)26-10-9-25-17-6-4-16(20)5-7-17/h3-8,12-13H,9-11H2,1-2H3/t13-/m1/s1. The Morgan fingerprint density at radius 2 is 1.89 bits per heavy atom. The highest BCUT2D eigenvalue weighted by Gasteiger charge is 2.32. The minimum absolute atomic E-state index is 0.102. The van der Waals surface area contributed by atoms with Crippen molar-refractivity contribution in [1.82, 2.24) is 0 Å². The number of halogens is 1. The highest BCUT2D eigenvalue weighted by Crippen LogP contribution is 2.34. The second-order valence-electron chi connectivity index (χ2n) is 6.39. The molecule has 1 atom stereocenters. The maximum atomic E-state index is 12.2. The number of rotatable bonds is 6. The van der Waals surface area contributed by atoms with Crippen LogP contribution in [-0.2, 0) is 21.2 Å². The Hall–Kier alpha value is -2.25. The zero-order chi connectivity index (χ0) is 19.6.